The number of rotatable bonds is 17. The van der Waals surface area contributed by atoms with Gasteiger partial charge in [-0.3, -0.25) is 14.1 Å². The molecule has 19 nitrogen and oxygen atoms in total. The number of carbonyl (C=O) groups excluding carboxylic acids is 2. The second kappa shape index (κ2) is 17.8. The van der Waals surface area contributed by atoms with Gasteiger partial charge in [0, 0.05) is 28.3 Å². The first-order chi connectivity index (χ1) is 26.5. The molecule has 0 saturated carbocycles. The lowest BCUT2D eigenvalue weighted by atomic mass is 10.1. The fourth-order valence-electron chi connectivity index (χ4n) is 5.12. The van der Waals surface area contributed by atoms with E-state index >= 15 is 0 Å². The number of amides is 1. The molecular weight excluding hydrogens is 799 g/mol. The predicted molar refractivity (Wildman–Crippen MR) is 203 cm³/mol. The number of ketones is 1. The number of aromatic hydroxyl groups is 1. The Kier molecular flexibility index (Phi) is 13.7. The highest BCUT2D eigenvalue weighted by atomic mass is 32.2. The van der Waals surface area contributed by atoms with Gasteiger partial charge in [0.2, 0.25) is 15.9 Å². The Bertz CT molecular complexity index is 2520. The van der Waals surface area contributed by atoms with E-state index in [4.69, 9.17) is 19.5 Å². The number of anilines is 1. The number of aryl methyl sites for hydroxylation is 1. The van der Waals surface area contributed by atoms with Gasteiger partial charge in [-0.2, -0.15) is 18.6 Å². The van der Waals surface area contributed by atoms with Crippen LogP contribution in [0.2, 0.25) is 0 Å². The van der Waals surface area contributed by atoms with Crippen LogP contribution in [0.5, 0.6) is 23.0 Å². The Morgan fingerprint density at radius 3 is 2.11 bits per heavy atom. The molecule has 0 spiro atoms. The van der Waals surface area contributed by atoms with Crippen molar-refractivity contribution in [3.05, 3.63) is 72.2 Å². The number of azo groups is 2. The van der Waals surface area contributed by atoms with Crippen LogP contribution in [0, 0.1) is 6.92 Å². The molecule has 296 valence electrons. The molecule has 0 bridgehead atoms. The van der Waals surface area contributed by atoms with Crippen molar-refractivity contribution in [2.24, 2.45) is 20.5 Å². The van der Waals surface area contributed by atoms with Gasteiger partial charge in [-0.1, -0.05) is 24.3 Å². The van der Waals surface area contributed by atoms with E-state index in [0.717, 1.165) is 42.3 Å². The molecule has 4 aromatic rings. The maximum Gasteiger partial charge on any atom is 0.297 e. The number of sulfone groups is 1. The molecule has 56 heavy (non-hydrogen) atoms. The number of phenols is 1. The molecule has 0 saturated heterocycles. The first kappa shape index (κ1) is 43.0. The van der Waals surface area contributed by atoms with Crippen molar-refractivity contribution in [1.82, 2.24) is 0 Å². The summed E-state index contributed by atoms with van der Waals surface area (Å²) in [6.45, 7) is 9.82. The monoisotopic (exact) mass is 831 g/mol. The zero-order valence-electron chi connectivity index (χ0n) is 30.0. The van der Waals surface area contributed by atoms with Crippen molar-refractivity contribution in [2.45, 2.75) is 34.6 Å². The largest absolute Gasteiger partial charge is 0.505 e. The Labute approximate surface area is 324 Å². The van der Waals surface area contributed by atoms with Crippen LogP contribution >= 0.6 is 12.0 Å². The van der Waals surface area contributed by atoms with Crippen LogP contribution in [-0.4, -0.2) is 70.8 Å². The van der Waals surface area contributed by atoms with Crippen LogP contribution in [0.3, 0.4) is 0 Å². The topological polar surface area (TPSA) is 271 Å². The molecular formula is C34H33N5O14S3. The third-order valence-corrected chi connectivity index (χ3v) is 10.8. The summed E-state index contributed by atoms with van der Waals surface area (Å²) in [7, 11) is -5.46. The van der Waals surface area contributed by atoms with Crippen molar-refractivity contribution >= 4 is 83.3 Å². The molecule has 0 aliphatic heterocycles. The zero-order chi connectivity index (χ0) is 41.5. The van der Waals surface area contributed by atoms with Gasteiger partial charge >= 0.3 is 0 Å². The van der Waals surface area contributed by atoms with Crippen LogP contribution in [0.4, 0.5) is 22.7 Å². The quantitative estimate of drug-likeness (QED) is 0.0204. The van der Waals surface area contributed by atoms with Crippen LogP contribution in [0.15, 0.2) is 96.2 Å². The summed E-state index contributed by atoms with van der Waals surface area (Å²) < 4.78 is 81.4. The number of carbonyl (C=O) groups is 2. The molecule has 1 unspecified atom stereocenters. The fourth-order valence-corrected chi connectivity index (χ4v) is 7.32. The highest BCUT2D eigenvalue weighted by Gasteiger charge is 2.29. The van der Waals surface area contributed by atoms with E-state index in [1.807, 2.05) is 0 Å². The lowest BCUT2D eigenvalue weighted by Gasteiger charge is -2.16. The van der Waals surface area contributed by atoms with E-state index in [1.165, 1.54) is 27.4 Å². The van der Waals surface area contributed by atoms with Gasteiger partial charge < -0.3 is 24.6 Å². The van der Waals surface area contributed by atoms with E-state index in [0.29, 0.717) is 11.2 Å². The minimum absolute atomic E-state index is 0.135. The maximum atomic E-state index is 13.5. The van der Waals surface area contributed by atoms with Gasteiger partial charge in [0.25, 0.3) is 16.0 Å². The lowest BCUT2D eigenvalue weighted by molar-refractivity contribution is -0.432. The third-order valence-electron chi connectivity index (χ3n) is 7.80. The summed E-state index contributed by atoms with van der Waals surface area (Å²) in [6, 6.07) is 6.85. The summed E-state index contributed by atoms with van der Waals surface area (Å²) in [4.78, 5) is 24.7. The van der Waals surface area contributed by atoms with Crippen LogP contribution in [0.25, 0.3) is 16.8 Å². The van der Waals surface area contributed by atoms with E-state index < -0.39 is 54.0 Å². The van der Waals surface area contributed by atoms with Gasteiger partial charge in [-0.05, 0) is 55.3 Å². The van der Waals surface area contributed by atoms with Gasteiger partial charge in [0.05, 0.1) is 44.0 Å². The molecule has 0 fully saturated rings. The Morgan fingerprint density at radius 1 is 0.893 bits per heavy atom. The fraction of sp³-hybridized carbons (Fsp3) is 0.176. The number of phenolic OH excluding ortho intramolecular Hbond substituents is 1. The van der Waals surface area contributed by atoms with Crippen molar-refractivity contribution in [1.29, 1.82) is 0 Å². The van der Waals surface area contributed by atoms with Gasteiger partial charge in [-0.15, -0.1) is 14.6 Å². The summed E-state index contributed by atoms with van der Waals surface area (Å²) in [5, 5.41) is 42.2. The minimum Gasteiger partial charge on any atom is -0.505 e. The third kappa shape index (κ3) is 9.19. The van der Waals surface area contributed by atoms with E-state index in [9.17, 15) is 36.1 Å². The second-order valence-corrected chi connectivity index (χ2v) is 15.2. The van der Waals surface area contributed by atoms with Crippen molar-refractivity contribution in [2.75, 3.05) is 26.6 Å². The van der Waals surface area contributed by atoms with Crippen LogP contribution in [0.1, 0.15) is 18.1 Å². The average Bonchev–Trinajstić information content (AvgIpc) is 3.15. The molecule has 0 aliphatic carbocycles. The average molecular weight is 832 g/mol. The van der Waals surface area contributed by atoms with E-state index in [-0.39, 0.29) is 61.2 Å². The number of nitrogens with one attached hydrogen (secondary N) is 1. The number of hydrogen-bond donors (Lipinski definition) is 4. The molecule has 4 rings (SSSR count). The Balaban J connectivity index is 1.83. The van der Waals surface area contributed by atoms with Gasteiger partial charge in [0.1, 0.15) is 44.1 Å². The summed E-state index contributed by atoms with van der Waals surface area (Å²) in [6.07, 6.45) is 1.61. The number of nitrogens with zero attached hydrogens (tertiary/aromatic N) is 4. The van der Waals surface area contributed by atoms with E-state index in [1.54, 1.807) is 25.1 Å². The zero-order valence-corrected chi connectivity index (χ0v) is 32.5. The molecule has 1 atom stereocenters. The molecule has 1 amide bonds. The lowest BCUT2D eigenvalue weighted by Crippen LogP contribution is -2.32. The normalized spacial score (nSPS) is 12.5. The van der Waals surface area contributed by atoms with Gasteiger partial charge in [0.15, 0.2) is 11.5 Å². The SMILES string of the molecule is C=Cc1cc(OC)c(N=Nc2c(SOOO)cc3c(S(=O)(=O)O)c(NC(=O)C(N=Nc4cc(OC)c(S(=O)(=O)C=C)cc4OC)C(C)=O)ccc3c2O)cc1C. The van der Waals surface area contributed by atoms with Crippen molar-refractivity contribution in [3.8, 4) is 23.0 Å². The number of hydrogen-bond acceptors (Lipinski definition) is 18. The number of Topliss-reactive ketones (excluding diaryl/α,β-unsaturated/α-hetero) is 1. The first-order valence-corrected chi connectivity index (χ1v) is 19.2. The highest BCUT2D eigenvalue weighted by Crippen LogP contribution is 2.47. The molecule has 22 heteroatoms. The maximum absolute atomic E-state index is 13.5. The summed E-state index contributed by atoms with van der Waals surface area (Å²) >= 11 is 0.268. The van der Waals surface area contributed by atoms with Crippen LogP contribution < -0.4 is 19.5 Å². The molecule has 4 aromatic carbocycles. The summed E-state index contributed by atoms with van der Waals surface area (Å²) in [5.41, 5.74) is 0.739. The minimum atomic E-state index is -5.25. The molecule has 0 heterocycles. The standard InChI is InChI=1S/C34H33N5O14S3/c1-8-19-13-25(49-5)23(12-17(19)3)36-39-31-28(54-53-52-43)14-21-20(32(31)41)10-11-22(33(21)56(46,47)48)35-34(42)30(18(4)40)38-37-24-15-27(51-7)29(16-26(24)50-6)55(44,45)9-2/h8-16,30,41,43H,1-2H2,3-7H3,(H,35,42)(H,46,47,48). The molecule has 0 aromatic heterocycles. The second-order valence-electron chi connectivity index (χ2n) is 11.2. The van der Waals surface area contributed by atoms with Gasteiger partial charge in [-0.25, -0.2) is 13.7 Å². The van der Waals surface area contributed by atoms with Crippen molar-refractivity contribution in [3.63, 3.8) is 0 Å². The van der Waals surface area contributed by atoms with E-state index in [2.05, 4.69) is 48.3 Å². The number of fused-ring (bicyclic) bond motifs is 1. The van der Waals surface area contributed by atoms with Crippen molar-refractivity contribution < 1.29 is 64.9 Å². The Hall–Kier alpha value is -5.75. The highest BCUT2D eigenvalue weighted by molar-refractivity contribution is 7.94. The molecule has 4 N–H and O–H groups in total. The van der Waals surface area contributed by atoms with Crippen LogP contribution in [-0.2, 0) is 38.9 Å². The molecule has 0 radical (unpaired) electrons. The predicted octanol–water partition coefficient (Wildman–Crippen LogP) is 7.21. The molecule has 0 aliphatic rings. The Morgan fingerprint density at radius 2 is 1.54 bits per heavy atom. The number of ether oxygens (including phenoxy) is 3. The summed E-state index contributed by atoms with van der Waals surface area (Å²) in [5.74, 6) is -2.78. The first-order valence-electron chi connectivity index (χ1n) is 15.5. The smallest absolute Gasteiger partial charge is 0.297 e. The number of benzene rings is 4. The number of methoxy groups -OCH3 is 3.